The minimum Gasteiger partial charge on any atom is -0.494 e. The predicted molar refractivity (Wildman–Crippen MR) is 83.5 cm³/mol. The molecule has 1 N–H and O–H groups in total. The molecule has 2 heterocycles. The van der Waals surface area contributed by atoms with Crippen molar-refractivity contribution in [3.63, 3.8) is 0 Å². The third-order valence-corrected chi connectivity index (χ3v) is 3.76. The Morgan fingerprint density at radius 1 is 1.43 bits per heavy atom. The summed E-state index contributed by atoms with van der Waals surface area (Å²) < 4.78 is 6.17. The van der Waals surface area contributed by atoms with Crippen LogP contribution in [-0.4, -0.2) is 15.5 Å². The summed E-state index contributed by atoms with van der Waals surface area (Å²) in [5.74, 6) is -0.916. The fraction of sp³-hybridized carbons (Fsp3) is 0.353. The minimum atomic E-state index is -0.574. The van der Waals surface area contributed by atoms with Gasteiger partial charge in [0.15, 0.2) is 5.76 Å². The first-order valence-electron chi connectivity index (χ1n) is 7.47. The number of aromatic hydroxyl groups is 1. The van der Waals surface area contributed by atoms with E-state index in [4.69, 9.17) is 4.42 Å². The van der Waals surface area contributed by atoms with Crippen molar-refractivity contribution in [3.8, 4) is 11.9 Å². The molecular formula is C17H18N2O4. The molecule has 0 saturated carbocycles. The van der Waals surface area contributed by atoms with E-state index in [9.17, 15) is 20.0 Å². The molecule has 120 valence electrons. The molecule has 0 radical (unpaired) electrons. The lowest BCUT2D eigenvalue weighted by molar-refractivity contribution is 0.100. The fourth-order valence-electron chi connectivity index (χ4n) is 2.48. The monoisotopic (exact) mass is 314 g/mol. The molecule has 2 aromatic rings. The third-order valence-electron chi connectivity index (χ3n) is 3.76. The van der Waals surface area contributed by atoms with E-state index in [0.29, 0.717) is 6.42 Å². The van der Waals surface area contributed by atoms with E-state index < -0.39 is 17.2 Å². The standard InChI is InChI=1S/C17H18N2O4/c1-3-4-5-8-19-16(21)12(10-18)11(2)14(17(19)22)15(20)13-7-6-9-23-13/h6-7,9,22H,3-5,8H2,1-2H3. The van der Waals surface area contributed by atoms with Gasteiger partial charge in [0, 0.05) is 6.54 Å². The lowest BCUT2D eigenvalue weighted by Gasteiger charge is -2.14. The zero-order chi connectivity index (χ0) is 17.0. The molecule has 0 bridgehead atoms. The van der Waals surface area contributed by atoms with Gasteiger partial charge in [-0.25, -0.2) is 0 Å². The zero-order valence-electron chi connectivity index (χ0n) is 13.1. The second-order valence-electron chi connectivity index (χ2n) is 5.28. The van der Waals surface area contributed by atoms with Crippen molar-refractivity contribution < 1.29 is 14.3 Å². The molecule has 2 rings (SSSR count). The highest BCUT2D eigenvalue weighted by Gasteiger charge is 2.25. The average Bonchev–Trinajstić information content (AvgIpc) is 3.05. The van der Waals surface area contributed by atoms with Crippen LogP contribution >= 0.6 is 0 Å². The van der Waals surface area contributed by atoms with Crippen LogP contribution < -0.4 is 5.56 Å². The number of carbonyl (C=O) groups excluding carboxylic acids is 1. The Bertz CT molecular complexity index is 811. The number of unbranched alkanes of at least 4 members (excludes halogenated alkanes) is 2. The summed E-state index contributed by atoms with van der Waals surface area (Å²) in [4.78, 5) is 24.9. The lowest BCUT2D eigenvalue weighted by Crippen LogP contribution is -2.26. The maximum absolute atomic E-state index is 12.5. The van der Waals surface area contributed by atoms with E-state index in [1.165, 1.54) is 19.3 Å². The number of carbonyl (C=O) groups is 1. The average molecular weight is 314 g/mol. The molecular weight excluding hydrogens is 296 g/mol. The van der Waals surface area contributed by atoms with Gasteiger partial charge < -0.3 is 9.52 Å². The number of nitrogens with zero attached hydrogens (tertiary/aromatic N) is 2. The van der Waals surface area contributed by atoms with Crippen molar-refractivity contribution in [2.75, 3.05) is 0 Å². The van der Waals surface area contributed by atoms with Crippen LogP contribution in [0.25, 0.3) is 0 Å². The van der Waals surface area contributed by atoms with Gasteiger partial charge in [-0.05, 0) is 31.0 Å². The molecule has 2 aromatic heterocycles. The van der Waals surface area contributed by atoms with Crippen LogP contribution in [0.4, 0.5) is 0 Å². The Balaban J connectivity index is 2.62. The summed E-state index contributed by atoms with van der Waals surface area (Å²) in [5.41, 5.74) is -0.598. The van der Waals surface area contributed by atoms with Crippen LogP contribution in [0.5, 0.6) is 5.88 Å². The first kappa shape index (κ1) is 16.6. The summed E-state index contributed by atoms with van der Waals surface area (Å²) in [7, 11) is 0. The maximum atomic E-state index is 12.5. The highest BCUT2D eigenvalue weighted by atomic mass is 16.3. The number of hydrogen-bond acceptors (Lipinski definition) is 5. The van der Waals surface area contributed by atoms with Crippen molar-refractivity contribution in [1.82, 2.24) is 4.57 Å². The molecule has 0 unspecified atom stereocenters. The SMILES string of the molecule is CCCCCn1c(O)c(C(=O)c2ccco2)c(C)c(C#N)c1=O. The Hall–Kier alpha value is -2.81. The number of aromatic nitrogens is 1. The summed E-state index contributed by atoms with van der Waals surface area (Å²) >= 11 is 0. The molecule has 0 aliphatic heterocycles. The van der Waals surface area contributed by atoms with Crippen LogP contribution in [-0.2, 0) is 6.54 Å². The Labute approximate surface area is 133 Å². The molecule has 0 spiro atoms. The van der Waals surface area contributed by atoms with Gasteiger partial charge in [0.1, 0.15) is 11.6 Å². The summed E-state index contributed by atoms with van der Waals surface area (Å²) in [6.45, 7) is 3.75. The zero-order valence-corrected chi connectivity index (χ0v) is 13.1. The molecule has 6 heteroatoms. The van der Waals surface area contributed by atoms with E-state index in [-0.39, 0.29) is 29.0 Å². The van der Waals surface area contributed by atoms with E-state index in [0.717, 1.165) is 17.4 Å². The first-order valence-corrected chi connectivity index (χ1v) is 7.47. The van der Waals surface area contributed by atoms with E-state index in [1.807, 2.05) is 13.0 Å². The predicted octanol–water partition coefficient (Wildman–Crippen LogP) is 2.75. The van der Waals surface area contributed by atoms with Crippen LogP contribution in [0.1, 0.15) is 53.4 Å². The van der Waals surface area contributed by atoms with E-state index in [2.05, 4.69) is 0 Å². The quantitative estimate of drug-likeness (QED) is 0.653. The largest absolute Gasteiger partial charge is 0.494 e. The summed E-state index contributed by atoms with van der Waals surface area (Å²) in [5, 5.41) is 19.7. The van der Waals surface area contributed by atoms with Gasteiger partial charge in [-0.15, -0.1) is 0 Å². The van der Waals surface area contributed by atoms with Gasteiger partial charge >= 0.3 is 0 Å². The Morgan fingerprint density at radius 2 is 2.17 bits per heavy atom. The number of nitriles is 1. The van der Waals surface area contributed by atoms with Crippen LogP contribution in [0, 0.1) is 18.3 Å². The van der Waals surface area contributed by atoms with Crippen molar-refractivity contribution in [3.05, 3.63) is 51.2 Å². The topological polar surface area (TPSA) is 96.2 Å². The van der Waals surface area contributed by atoms with Gasteiger partial charge in [0.05, 0.1) is 11.8 Å². The molecule has 0 aromatic carbocycles. The molecule has 0 aliphatic carbocycles. The minimum absolute atomic E-state index is 0.0473. The summed E-state index contributed by atoms with van der Waals surface area (Å²) in [6, 6.07) is 4.86. The third kappa shape index (κ3) is 3.04. The Morgan fingerprint density at radius 3 is 2.74 bits per heavy atom. The van der Waals surface area contributed by atoms with Crippen LogP contribution in [0.2, 0.25) is 0 Å². The maximum Gasteiger partial charge on any atom is 0.271 e. The highest BCUT2D eigenvalue weighted by Crippen LogP contribution is 2.25. The molecule has 0 amide bonds. The van der Waals surface area contributed by atoms with Gasteiger partial charge in [-0.2, -0.15) is 5.26 Å². The number of ketones is 1. The molecule has 0 atom stereocenters. The normalized spacial score (nSPS) is 10.5. The summed E-state index contributed by atoms with van der Waals surface area (Å²) in [6.07, 6.45) is 3.85. The van der Waals surface area contributed by atoms with Gasteiger partial charge in [-0.3, -0.25) is 14.2 Å². The second-order valence-corrected chi connectivity index (χ2v) is 5.28. The van der Waals surface area contributed by atoms with Crippen molar-refractivity contribution in [2.45, 2.75) is 39.7 Å². The van der Waals surface area contributed by atoms with Crippen molar-refractivity contribution >= 4 is 5.78 Å². The number of furan rings is 1. The first-order chi connectivity index (χ1) is 11.0. The van der Waals surface area contributed by atoms with Gasteiger partial charge in [0.25, 0.3) is 5.56 Å². The number of rotatable bonds is 6. The molecule has 0 aliphatic rings. The number of hydrogen-bond donors (Lipinski definition) is 1. The van der Waals surface area contributed by atoms with Crippen molar-refractivity contribution in [2.24, 2.45) is 0 Å². The molecule has 0 fully saturated rings. The smallest absolute Gasteiger partial charge is 0.271 e. The fourth-order valence-corrected chi connectivity index (χ4v) is 2.48. The highest BCUT2D eigenvalue weighted by molar-refractivity contribution is 6.09. The molecule has 0 saturated heterocycles. The number of pyridine rings is 1. The van der Waals surface area contributed by atoms with Crippen LogP contribution in [0.15, 0.2) is 27.6 Å². The van der Waals surface area contributed by atoms with Crippen LogP contribution in [0.3, 0.4) is 0 Å². The molecule has 6 nitrogen and oxygen atoms in total. The van der Waals surface area contributed by atoms with Gasteiger partial charge in [0.2, 0.25) is 11.7 Å². The molecule has 23 heavy (non-hydrogen) atoms. The van der Waals surface area contributed by atoms with E-state index in [1.54, 1.807) is 6.07 Å². The second kappa shape index (κ2) is 6.97. The lowest BCUT2D eigenvalue weighted by atomic mass is 10.0. The Kier molecular flexibility index (Phi) is 5.02. The van der Waals surface area contributed by atoms with E-state index >= 15 is 0 Å². The van der Waals surface area contributed by atoms with Gasteiger partial charge in [-0.1, -0.05) is 19.8 Å². The van der Waals surface area contributed by atoms with Crippen molar-refractivity contribution in [1.29, 1.82) is 5.26 Å².